The zero-order chi connectivity index (χ0) is 12.4. The lowest BCUT2D eigenvalue weighted by Crippen LogP contribution is -2.34. The number of halogens is 1. The van der Waals surface area contributed by atoms with Crippen molar-refractivity contribution in [1.29, 1.82) is 0 Å². The highest BCUT2D eigenvalue weighted by Crippen LogP contribution is 2.28. The molecule has 6 nitrogen and oxygen atoms in total. The van der Waals surface area contributed by atoms with Crippen LogP contribution in [0.15, 0.2) is 12.3 Å². The van der Waals surface area contributed by atoms with Gasteiger partial charge in [-0.2, -0.15) is 0 Å². The first-order chi connectivity index (χ1) is 8.08. The molecule has 1 fully saturated rings. The maximum atomic E-state index is 11.1. The van der Waals surface area contributed by atoms with Crippen LogP contribution in [0.2, 0.25) is 5.02 Å². The Hall–Kier alpha value is -1.69. The van der Waals surface area contributed by atoms with E-state index in [0.717, 1.165) is 0 Å². The van der Waals surface area contributed by atoms with Crippen molar-refractivity contribution >= 4 is 28.9 Å². The molecular formula is C10H10ClN3O3. The molecule has 0 spiro atoms. The van der Waals surface area contributed by atoms with Crippen LogP contribution in [0.3, 0.4) is 0 Å². The van der Waals surface area contributed by atoms with Crippen LogP contribution in [0.5, 0.6) is 0 Å². The Bertz CT molecular complexity index is 468. The monoisotopic (exact) mass is 255 g/mol. The Labute approximate surface area is 102 Å². The summed E-state index contributed by atoms with van der Waals surface area (Å²) in [5, 5.41) is 10.8. The van der Waals surface area contributed by atoms with Crippen LogP contribution in [0.25, 0.3) is 0 Å². The van der Waals surface area contributed by atoms with Crippen molar-refractivity contribution in [2.75, 3.05) is 18.0 Å². The van der Waals surface area contributed by atoms with Gasteiger partial charge in [0, 0.05) is 32.0 Å². The Morgan fingerprint density at radius 2 is 2.06 bits per heavy atom. The van der Waals surface area contributed by atoms with E-state index in [0.29, 0.717) is 31.7 Å². The molecule has 90 valence electrons. The quantitative estimate of drug-likeness (QED) is 0.595. The van der Waals surface area contributed by atoms with Gasteiger partial charge in [0.2, 0.25) is 0 Å². The molecule has 2 heterocycles. The van der Waals surface area contributed by atoms with Gasteiger partial charge in [-0.3, -0.25) is 14.9 Å². The van der Waals surface area contributed by atoms with Crippen molar-refractivity contribution in [1.82, 2.24) is 4.98 Å². The van der Waals surface area contributed by atoms with Crippen molar-refractivity contribution in [3.05, 3.63) is 27.4 Å². The topological polar surface area (TPSA) is 76.3 Å². The van der Waals surface area contributed by atoms with E-state index in [1.807, 2.05) is 4.90 Å². The number of nitro groups is 1. The number of Topliss-reactive ketones (excluding diaryl/α,β-unsaturated/α-hetero) is 1. The predicted octanol–water partition coefficient (Wildman–Crippen LogP) is 1.81. The number of anilines is 1. The molecule has 1 aromatic heterocycles. The van der Waals surface area contributed by atoms with Crippen LogP contribution in [-0.2, 0) is 4.79 Å². The summed E-state index contributed by atoms with van der Waals surface area (Å²) in [4.78, 5) is 26.9. The van der Waals surface area contributed by atoms with Gasteiger partial charge in [0.25, 0.3) is 5.69 Å². The molecule has 17 heavy (non-hydrogen) atoms. The second-order valence-corrected chi connectivity index (χ2v) is 4.19. The van der Waals surface area contributed by atoms with E-state index in [1.165, 1.54) is 12.3 Å². The number of piperidine rings is 1. The SMILES string of the molecule is O=C1CCN(c2ncc([N+](=O)[O-])cc2Cl)CC1. The fourth-order valence-electron chi connectivity index (χ4n) is 1.72. The zero-order valence-electron chi connectivity index (χ0n) is 8.93. The molecule has 2 rings (SSSR count). The second-order valence-electron chi connectivity index (χ2n) is 3.78. The molecule has 1 aliphatic rings. The van der Waals surface area contributed by atoms with Gasteiger partial charge in [-0.15, -0.1) is 0 Å². The number of ketones is 1. The van der Waals surface area contributed by atoms with E-state index in [2.05, 4.69) is 4.98 Å². The van der Waals surface area contributed by atoms with E-state index in [4.69, 9.17) is 11.6 Å². The molecule has 0 aromatic carbocycles. The predicted molar refractivity (Wildman–Crippen MR) is 62.4 cm³/mol. The molecule has 0 unspecified atom stereocenters. The summed E-state index contributed by atoms with van der Waals surface area (Å²) in [6, 6.07) is 1.28. The first-order valence-electron chi connectivity index (χ1n) is 5.14. The molecular weight excluding hydrogens is 246 g/mol. The van der Waals surface area contributed by atoms with Gasteiger partial charge in [-0.1, -0.05) is 11.6 Å². The fourth-order valence-corrected chi connectivity index (χ4v) is 2.00. The molecule has 1 aliphatic heterocycles. The van der Waals surface area contributed by atoms with Crippen LogP contribution >= 0.6 is 11.6 Å². The average molecular weight is 256 g/mol. The van der Waals surface area contributed by atoms with Crippen molar-refractivity contribution in [2.45, 2.75) is 12.8 Å². The van der Waals surface area contributed by atoms with E-state index >= 15 is 0 Å². The van der Waals surface area contributed by atoms with E-state index in [9.17, 15) is 14.9 Å². The zero-order valence-corrected chi connectivity index (χ0v) is 9.68. The third-order valence-electron chi connectivity index (χ3n) is 2.64. The number of rotatable bonds is 2. The van der Waals surface area contributed by atoms with Gasteiger partial charge >= 0.3 is 0 Å². The molecule has 1 aromatic rings. The number of nitrogens with zero attached hydrogens (tertiary/aromatic N) is 3. The van der Waals surface area contributed by atoms with Gasteiger partial charge in [0.05, 0.1) is 9.95 Å². The summed E-state index contributed by atoms with van der Waals surface area (Å²) < 4.78 is 0. The normalized spacial score (nSPS) is 16.1. The van der Waals surface area contributed by atoms with Gasteiger partial charge in [0.1, 0.15) is 17.8 Å². The molecule has 7 heteroatoms. The standard InChI is InChI=1S/C10H10ClN3O3/c11-9-5-7(14(16)17)6-12-10(9)13-3-1-8(15)2-4-13/h5-6H,1-4H2. The van der Waals surface area contributed by atoms with Crippen molar-refractivity contribution in [3.63, 3.8) is 0 Å². The smallest absolute Gasteiger partial charge is 0.289 e. The Morgan fingerprint density at radius 1 is 1.41 bits per heavy atom. The van der Waals surface area contributed by atoms with Gasteiger partial charge in [0.15, 0.2) is 0 Å². The number of carbonyl (C=O) groups excluding carboxylic acids is 1. The second kappa shape index (κ2) is 4.67. The maximum absolute atomic E-state index is 11.1. The summed E-state index contributed by atoms with van der Waals surface area (Å²) in [7, 11) is 0. The minimum atomic E-state index is -0.539. The number of aromatic nitrogens is 1. The van der Waals surface area contributed by atoms with E-state index < -0.39 is 4.92 Å². The molecule has 0 bridgehead atoms. The first-order valence-corrected chi connectivity index (χ1v) is 5.52. The minimum Gasteiger partial charge on any atom is -0.354 e. The number of pyridine rings is 1. The lowest BCUT2D eigenvalue weighted by atomic mass is 10.1. The molecule has 0 amide bonds. The van der Waals surface area contributed by atoms with Crippen molar-refractivity contribution in [3.8, 4) is 0 Å². The third-order valence-corrected chi connectivity index (χ3v) is 2.92. The lowest BCUT2D eigenvalue weighted by molar-refractivity contribution is -0.385. The van der Waals surface area contributed by atoms with Crippen molar-refractivity contribution in [2.24, 2.45) is 0 Å². The van der Waals surface area contributed by atoms with Crippen molar-refractivity contribution < 1.29 is 9.72 Å². The molecule has 0 N–H and O–H groups in total. The highest BCUT2D eigenvalue weighted by molar-refractivity contribution is 6.33. The van der Waals surface area contributed by atoms with Gasteiger partial charge in [-0.05, 0) is 0 Å². The summed E-state index contributed by atoms with van der Waals surface area (Å²) in [6.45, 7) is 1.12. The Kier molecular flexibility index (Phi) is 3.23. The number of hydrogen-bond donors (Lipinski definition) is 0. The van der Waals surface area contributed by atoms with Crippen LogP contribution < -0.4 is 4.90 Å². The summed E-state index contributed by atoms with van der Waals surface area (Å²) in [5.41, 5.74) is -0.133. The summed E-state index contributed by atoms with van der Waals surface area (Å²) in [5.74, 6) is 0.726. The van der Waals surface area contributed by atoms with Crippen LogP contribution in [-0.4, -0.2) is 28.8 Å². The number of hydrogen-bond acceptors (Lipinski definition) is 5. The molecule has 0 saturated carbocycles. The molecule has 0 aliphatic carbocycles. The molecule has 1 saturated heterocycles. The Balaban J connectivity index is 2.21. The largest absolute Gasteiger partial charge is 0.354 e. The average Bonchev–Trinajstić information content (AvgIpc) is 2.30. The van der Waals surface area contributed by atoms with Gasteiger partial charge in [-0.25, -0.2) is 4.98 Å². The lowest BCUT2D eigenvalue weighted by Gasteiger charge is -2.27. The van der Waals surface area contributed by atoms with Crippen LogP contribution in [0, 0.1) is 10.1 Å². The first kappa shape index (κ1) is 11.8. The van der Waals surface area contributed by atoms with Gasteiger partial charge < -0.3 is 4.90 Å². The highest BCUT2D eigenvalue weighted by atomic mass is 35.5. The van der Waals surface area contributed by atoms with E-state index in [1.54, 1.807) is 0 Å². The van der Waals surface area contributed by atoms with Crippen LogP contribution in [0.4, 0.5) is 11.5 Å². The molecule has 0 radical (unpaired) electrons. The fraction of sp³-hybridized carbons (Fsp3) is 0.400. The highest BCUT2D eigenvalue weighted by Gasteiger charge is 2.21. The molecule has 0 atom stereocenters. The minimum absolute atomic E-state index is 0.133. The number of carbonyl (C=O) groups is 1. The maximum Gasteiger partial charge on any atom is 0.289 e. The Morgan fingerprint density at radius 3 is 2.59 bits per heavy atom. The summed E-state index contributed by atoms with van der Waals surface area (Å²) >= 11 is 5.95. The summed E-state index contributed by atoms with van der Waals surface area (Å²) in [6.07, 6.45) is 2.11. The van der Waals surface area contributed by atoms with Crippen LogP contribution in [0.1, 0.15) is 12.8 Å². The van der Waals surface area contributed by atoms with E-state index in [-0.39, 0.29) is 16.5 Å². The third kappa shape index (κ3) is 2.52.